The smallest absolute Gasteiger partial charge is 0.309 e. The quantitative estimate of drug-likeness (QED) is 0.582. The third-order valence-corrected chi connectivity index (χ3v) is 2.03. The van der Waals surface area contributed by atoms with Crippen LogP contribution in [-0.2, 0) is 11.2 Å². The molecule has 0 saturated carbocycles. The van der Waals surface area contributed by atoms with Crippen LogP contribution >= 0.6 is 11.8 Å². The van der Waals surface area contributed by atoms with Crippen LogP contribution in [0.3, 0.4) is 0 Å². The van der Waals surface area contributed by atoms with E-state index < -0.39 is 5.97 Å². The van der Waals surface area contributed by atoms with Gasteiger partial charge < -0.3 is 5.11 Å². The van der Waals surface area contributed by atoms with E-state index in [4.69, 9.17) is 10.4 Å². The summed E-state index contributed by atoms with van der Waals surface area (Å²) in [7, 11) is 0. The first-order chi connectivity index (χ1) is 6.67. The van der Waals surface area contributed by atoms with Crippen LogP contribution in [0.5, 0.6) is 0 Å². The van der Waals surface area contributed by atoms with Gasteiger partial charge in [-0.3, -0.25) is 4.79 Å². The van der Waals surface area contributed by atoms with Crippen LogP contribution in [0.25, 0.3) is 0 Å². The zero-order valence-electron chi connectivity index (χ0n) is 7.39. The minimum Gasteiger partial charge on any atom is -0.481 e. The molecule has 0 bridgehead atoms. The molecule has 0 spiro atoms. The van der Waals surface area contributed by atoms with Crippen molar-refractivity contribution >= 4 is 17.7 Å². The molecule has 1 aromatic heterocycles. The van der Waals surface area contributed by atoms with Gasteiger partial charge in [-0.1, -0.05) is 11.8 Å². The fourth-order valence-electron chi connectivity index (χ4n) is 0.869. The molecular weight excluding hydrogens is 202 g/mol. The van der Waals surface area contributed by atoms with E-state index in [2.05, 4.69) is 9.97 Å². The Morgan fingerprint density at radius 2 is 2.50 bits per heavy atom. The summed E-state index contributed by atoms with van der Waals surface area (Å²) in [5.74, 6) is -1.01. The van der Waals surface area contributed by atoms with Gasteiger partial charge in [0.05, 0.1) is 17.7 Å². The largest absolute Gasteiger partial charge is 0.481 e. The van der Waals surface area contributed by atoms with Crippen LogP contribution in [0.4, 0.5) is 0 Å². The Balaban J connectivity index is 3.09. The van der Waals surface area contributed by atoms with Gasteiger partial charge in [-0.15, -0.1) is 0 Å². The molecule has 6 heteroatoms. The fourth-order valence-corrected chi connectivity index (χ4v) is 1.23. The summed E-state index contributed by atoms with van der Waals surface area (Å²) in [5.41, 5.74) is 0.476. The van der Waals surface area contributed by atoms with E-state index in [1.54, 1.807) is 6.26 Å². The Morgan fingerprint density at radius 1 is 1.79 bits per heavy atom. The summed E-state index contributed by atoms with van der Waals surface area (Å²) in [6.45, 7) is 0. The van der Waals surface area contributed by atoms with Crippen LogP contribution in [0.1, 0.15) is 11.3 Å². The zero-order valence-corrected chi connectivity index (χ0v) is 8.21. The van der Waals surface area contributed by atoms with Crippen LogP contribution in [0.15, 0.2) is 11.4 Å². The molecule has 0 aliphatic carbocycles. The number of thioether (sulfide) groups is 1. The molecule has 5 nitrogen and oxygen atoms in total. The molecule has 0 atom stereocenters. The van der Waals surface area contributed by atoms with Crippen molar-refractivity contribution in [1.29, 1.82) is 5.26 Å². The second kappa shape index (κ2) is 4.58. The predicted molar refractivity (Wildman–Crippen MR) is 49.9 cm³/mol. The van der Waals surface area contributed by atoms with Crippen molar-refractivity contribution in [2.45, 2.75) is 11.6 Å². The number of aromatic nitrogens is 2. The minimum absolute atomic E-state index is 0.213. The standard InChI is InChI=1S/C8H7N3O2S/c1-14-8-10-4-5(3-9)6(11-8)2-7(12)13/h4H,2H2,1H3,(H,12,13). The van der Waals surface area contributed by atoms with Gasteiger partial charge in [-0.25, -0.2) is 9.97 Å². The molecule has 1 heterocycles. The number of hydrogen-bond donors (Lipinski definition) is 1. The maximum absolute atomic E-state index is 10.5. The van der Waals surface area contributed by atoms with Crippen LogP contribution < -0.4 is 0 Å². The Bertz CT molecular complexity index is 400. The molecule has 0 amide bonds. The molecule has 1 rings (SSSR count). The highest BCUT2D eigenvalue weighted by Crippen LogP contribution is 2.11. The third kappa shape index (κ3) is 2.44. The predicted octanol–water partition coefficient (Wildman–Crippen LogP) is 0.697. The van der Waals surface area contributed by atoms with Gasteiger partial charge in [0.15, 0.2) is 5.16 Å². The van der Waals surface area contributed by atoms with E-state index in [1.165, 1.54) is 18.0 Å². The van der Waals surface area contributed by atoms with Crippen molar-refractivity contribution in [2.75, 3.05) is 6.26 Å². The first-order valence-corrected chi connectivity index (χ1v) is 4.91. The van der Waals surface area contributed by atoms with E-state index in [-0.39, 0.29) is 17.7 Å². The van der Waals surface area contributed by atoms with Crippen molar-refractivity contribution in [2.24, 2.45) is 0 Å². The summed E-state index contributed by atoms with van der Waals surface area (Å²) in [6, 6.07) is 1.85. The lowest BCUT2D eigenvalue weighted by molar-refractivity contribution is -0.136. The third-order valence-electron chi connectivity index (χ3n) is 1.47. The summed E-state index contributed by atoms with van der Waals surface area (Å²) in [4.78, 5) is 18.3. The molecule has 1 N–H and O–H groups in total. The molecular formula is C8H7N3O2S. The molecule has 0 fully saturated rings. The van der Waals surface area contributed by atoms with Crippen LogP contribution in [0.2, 0.25) is 0 Å². The fraction of sp³-hybridized carbons (Fsp3) is 0.250. The van der Waals surface area contributed by atoms with Crippen molar-refractivity contribution < 1.29 is 9.90 Å². The Labute approximate surface area is 84.8 Å². The van der Waals surface area contributed by atoms with Crippen molar-refractivity contribution in [3.63, 3.8) is 0 Å². The normalized spacial score (nSPS) is 9.43. The van der Waals surface area contributed by atoms with Gasteiger partial charge in [0.2, 0.25) is 0 Å². The average molecular weight is 209 g/mol. The Morgan fingerprint density at radius 3 is 3.00 bits per heavy atom. The van der Waals surface area contributed by atoms with Gasteiger partial charge in [-0.05, 0) is 6.26 Å². The maximum Gasteiger partial charge on any atom is 0.309 e. The van der Waals surface area contributed by atoms with Gasteiger partial charge in [0.25, 0.3) is 0 Å². The molecule has 0 unspecified atom stereocenters. The summed E-state index contributed by atoms with van der Waals surface area (Å²) >= 11 is 1.30. The minimum atomic E-state index is -1.01. The Kier molecular flexibility index (Phi) is 3.42. The lowest BCUT2D eigenvalue weighted by Crippen LogP contribution is -2.06. The molecule has 0 aliphatic heterocycles. The highest BCUT2D eigenvalue weighted by molar-refractivity contribution is 7.98. The van der Waals surface area contributed by atoms with Crippen LogP contribution in [0, 0.1) is 11.3 Å². The number of nitrogens with zero attached hydrogens (tertiary/aromatic N) is 3. The number of carboxylic acids is 1. The lowest BCUT2D eigenvalue weighted by Gasteiger charge is -2.00. The van der Waals surface area contributed by atoms with E-state index >= 15 is 0 Å². The summed E-state index contributed by atoms with van der Waals surface area (Å²) in [6.07, 6.45) is 2.88. The van der Waals surface area contributed by atoms with E-state index in [0.29, 0.717) is 5.16 Å². The molecule has 0 aromatic carbocycles. The van der Waals surface area contributed by atoms with Crippen LogP contribution in [-0.4, -0.2) is 27.3 Å². The zero-order chi connectivity index (χ0) is 10.6. The number of carboxylic acid groups (broad SMARTS) is 1. The Hall–Kier alpha value is -1.61. The van der Waals surface area contributed by atoms with Crippen molar-refractivity contribution in [3.8, 4) is 6.07 Å². The SMILES string of the molecule is CSc1ncc(C#N)c(CC(=O)O)n1. The lowest BCUT2D eigenvalue weighted by atomic mass is 10.2. The maximum atomic E-state index is 10.5. The van der Waals surface area contributed by atoms with E-state index in [9.17, 15) is 4.79 Å². The van der Waals surface area contributed by atoms with E-state index in [1.807, 2.05) is 6.07 Å². The number of nitriles is 1. The molecule has 72 valence electrons. The summed E-state index contributed by atoms with van der Waals surface area (Å²) in [5, 5.41) is 17.7. The highest BCUT2D eigenvalue weighted by Gasteiger charge is 2.09. The van der Waals surface area contributed by atoms with E-state index in [0.717, 1.165) is 0 Å². The van der Waals surface area contributed by atoms with Gasteiger partial charge in [-0.2, -0.15) is 5.26 Å². The molecule has 0 saturated heterocycles. The molecule has 0 radical (unpaired) electrons. The van der Waals surface area contributed by atoms with Gasteiger partial charge in [0.1, 0.15) is 6.07 Å². The number of carbonyl (C=O) groups is 1. The molecule has 0 aliphatic rings. The average Bonchev–Trinajstić information content (AvgIpc) is 2.16. The highest BCUT2D eigenvalue weighted by atomic mass is 32.2. The first kappa shape index (κ1) is 10.5. The second-order valence-corrected chi connectivity index (χ2v) is 3.17. The number of hydrogen-bond acceptors (Lipinski definition) is 5. The monoisotopic (exact) mass is 209 g/mol. The van der Waals surface area contributed by atoms with Gasteiger partial charge >= 0.3 is 5.97 Å². The first-order valence-electron chi connectivity index (χ1n) is 3.69. The summed E-state index contributed by atoms with van der Waals surface area (Å²) < 4.78 is 0. The molecule has 1 aromatic rings. The number of aliphatic carboxylic acids is 1. The molecule has 14 heavy (non-hydrogen) atoms. The van der Waals surface area contributed by atoms with Crippen molar-refractivity contribution in [3.05, 3.63) is 17.5 Å². The van der Waals surface area contributed by atoms with Crippen molar-refractivity contribution in [1.82, 2.24) is 9.97 Å². The van der Waals surface area contributed by atoms with Gasteiger partial charge in [0, 0.05) is 6.20 Å². The second-order valence-electron chi connectivity index (χ2n) is 2.40. The topological polar surface area (TPSA) is 86.9 Å². The number of rotatable bonds is 3.